The zero-order valence-corrected chi connectivity index (χ0v) is 12.6. The predicted octanol–water partition coefficient (Wildman–Crippen LogP) is 3.56. The van der Waals surface area contributed by atoms with Crippen LogP contribution in [0.25, 0.3) is 0 Å². The van der Waals surface area contributed by atoms with Gasteiger partial charge in [0.15, 0.2) is 0 Å². The van der Waals surface area contributed by atoms with E-state index >= 15 is 0 Å². The van der Waals surface area contributed by atoms with Gasteiger partial charge in [-0.15, -0.1) is 0 Å². The molecule has 122 valence electrons. The molecule has 1 N–H and O–H groups in total. The van der Waals surface area contributed by atoms with E-state index in [1.807, 2.05) is 19.1 Å². The quantitative estimate of drug-likeness (QED) is 0.914. The van der Waals surface area contributed by atoms with Gasteiger partial charge in [-0.3, -0.25) is 9.78 Å². The third-order valence-electron chi connectivity index (χ3n) is 3.50. The monoisotopic (exact) mass is 322 g/mol. The second-order valence-corrected chi connectivity index (χ2v) is 5.36. The van der Waals surface area contributed by atoms with Crippen LogP contribution in [-0.4, -0.2) is 17.4 Å². The van der Waals surface area contributed by atoms with Crippen LogP contribution in [0.1, 0.15) is 29.5 Å². The Morgan fingerprint density at radius 1 is 1.22 bits per heavy atom. The maximum Gasteiger partial charge on any atom is 0.416 e. The molecule has 2 aromatic rings. The SMILES string of the molecule is C[C@H](CNC(=O)Cc1cccc(C(F)(F)F)c1)c1ccncc1. The second-order valence-electron chi connectivity index (χ2n) is 5.36. The van der Waals surface area contributed by atoms with E-state index < -0.39 is 11.7 Å². The van der Waals surface area contributed by atoms with Crippen LogP contribution in [0.15, 0.2) is 48.8 Å². The zero-order valence-electron chi connectivity index (χ0n) is 12.6. The number of halogens is 3. The first kappa shape index (κ1) is 17.0. The van der Waals surface area contributed by atoms with Crippen LogP contribution in [0.5, 0.6) is 0 Å². The third-order valence-corrected chi connectivity index (χ3v) is 3.50. The molecular formula is C17H17F3N2O. The molecule has 0 spiro atoms. The normalized spacial score (nSPS) is 12.7. The number of amides is 1. The van der Waals surface area contributed by atoms with Crippen molar-refractivity contribution in [2.75, 3.05) is 6.54 Å². The Bertz CT molecular complexity index is 656. The van der Waals surface area contributed by atoms with Crippen molar-refractivity contribution in [1.29, 1.82) is 0 Å². The van der Waals surface area contributed by atoms with Crippen molar-refractivity contribution in [3.63, 3.8) is 0 Å². The summed E-state index contributed by atoms with van der Waals surface area (Å²) < 4.78 is 37.9. The van der Waals surface area contributed by atoms with E-state index in [4.69, 9.17) is 0 Å². The molecule has 23 heavy (non-hydrogen) atoms. The average molecular weight is 322 g/mol. The van der Waals surface area contributed by atoms with Gasteiger partial charge in [-0.1, -0.05) is 25.1 Å². The molecule has 0 fully saturated rings. The van der Waals surface area contributed by atoms with E-state index in [-0.39, 0.29) is 18.2 Å². The molecule has 1 aromatic heterocycles. The Morgan fingerprint density at radius 3 is 2.57 bits per heavy atom. The molecule has 2 rings (SSSR count). The first-order valence-corrected chi connectivity index (χ1v) is 7.19. The van der Waals surface area contributed by atoms with Crippen molar-refractivity contribution >= 4 is 5.91 Å². The topological polar surface area (TPSA) is 42.0 Å². The lowest BCUT2D eigenvalue weighted by atomic mass is 10.0. The lowest BCUT2D eigenvalue weighted by Crippen LogP contribution is -2.29. The van der Waals surface area contributed by atoms with Crippen LogP contribution in [0.2, 0.25) is 0 Å². The summed E-state index contributed by atoms with van der Waals surface area (Å²) in [5.41, 5.74) is 0.640. The molecule has 0 radical (unpaired) electrons. The average Bonchev–Trinajstić information content (AvgIpc) is 2.53. The lowest BCUT2D eigenvalue weighted by Gasteiger charge is -2.13. The van der Waals surface area contributed by atoms with Crippen LogP contribution in [0, 0.1) is 0 Å². The third kappa shape index (κ3) is 5.09. The van der Waals surface area contributed by atoms with E-state index in [0.29, 0.717) is 12.1 Å². The maximum atomic E-state index is 12.6. The number of carbonyl (C=O) groups excluding carboxylic acids is 1. The van der Waals surface area contributed by atoms with Gasteiger partial charge < -0.3 is 5.32 Å². The van der Waals surface area contributed by atoms with Crippen LogP contribution in [0.3, 0.4) is 0 Å². The molecule has 0 unspecified atom stereocenters. The second kappa shape index (κ2) is 7.26. The number of benzene rings is 1. The van der Waals surface area contributed by atoms with Crippen LogP contribution in [-0.2, 0) is 17.4 Å². The number of pyridine rings is 1. The van der Waals surface area contributed by atoms with Gasteiger partial charge in [0.05, 0.1) is 12.0 Å². The molecule has 1 heterocycles. The van der Waals surface area contributed by atoms with Gasteiger partial charge in [-0.2, -0.15) is 13.2 Å². The molecule has 0 aliphatic carbocycles. The maximum absolute atomic E-state index is 12.6. The molecule has 6 heteroatoms. The molecule has 0 saturated carbocycles. The zero-order chi connectivity index (χ0) is 16.9. The standard InChI is InChI=1S/C17H17F3N2O/c1-12(14-5-7-21-8-6-14)11-22-16(23)10-13-3-2-4-15(9-13)17(18,19)20/h2-9,12H,10-11H2,1H3,(H,22,23)/t12-/m1/s1. The van der Waals surface area contributed by atoms with Crippen molar-refractivity contribution in [3.05, 3.63) is 65.5 Å². The Labute approximate surface area is 132 Å². The number of nitrogens with one attached hydrogen (secondary N) is 1. The number of hydrogen-bond acceptors (Lipinski definition) is 2. The highest BCUT2D eigenvalue weighted by Crippen LogP contribution is 2.29. The summed E-state index contributed by atoms with van der Waals surface area (Å²) in [4.78, 5) is 15.8. The van der Waals surface area contributed by atoms with Gasteiger partial charge in [0.25, 0.3) is 0 Å². The molecule has 0 aliphatic heterocycles. The fraction of sp³-hybridized carbons (Fsp3) is 0.294. The number of carbonyl (C=O) groups is 1. The van der Waals surface area contributed by atoms with Gasteiger partial charge in [0.2, 0.25) is 5.91 Å². The van der Waals surface area contributed by atoms with Crippen molar-refractivity contribution in [3.8, 4) is 0 Å². The van der Waals surface area contributed by atoms with E-state index in [0.717, 1.165) is 17.7 Å². The Hall–Kier alpha value is -2.37. The first-order valence-electron chi connectivity index (χ1n) is 7.19. The number of hydrogen-bond donors (Lipinski definition) is 1. The van der Waals surface area contributed by atoms with Crippen molar-refractivity contribution in [2.45, 2.75) is 25.4 Å². The van der Waals surface area contributed by atoms with Crippen molar-refractivity contribution in [1.82, 2.24) is 10.3 Å². The Balaban J connectivity index is 1.90. The summed E-state index contributed by atoms with van der Waals surface area (Å²) in [6, 6.07) is 8.55. The van der Waals surface area contributed by atoms with Crippen LogP contribution in [0.4, 0.5) is 13.2 Å². The molecule has 1 atom stereocenters. The lowest BCUT2D eigenvalue weighted by molar-refractivity contribution is -0.137. The van der Waals surface area contributed by atoms with E-state index in [1.54, 1.807) is 12.4 Å². The first-order chi connectivity index (χ1) is 10.9. The Kier molecular flexibility index (Phi) is 5.36. The summed E-state index contributed by atoms with van der Waals surface area (Å²) in [7, 11) is 0. The highest BCUT2D eigenvalue weighted by atomic mass is 19.4. The summed E-state index contributed by atoms with van der Waals surface area (Å²) in [5, 5.41) is 2.75. The fourth-order valence-corrected chi connectivity index (χ4v) is 2.18. The van der Waals surface area contributed by atoms with E-state index in [9.17, 15) is 18.0 Å². The molecular weight excluding hydrogens is 305 g/mol. The van der Waals surface area contributed by atoms with Crippen molar-refractivity contribution < 1.29 is 18.0 Å². The van der Waals surface area contributed by atoms with Gasteiger partial charge in [-0.05, 0) is 35.2 Å². The van der Waals surface area contributed by atoms with Crippen LogP contribution < -0.4 is 5.32 Å². The van der Waals surface area contributed by atoms with Crippen LogP contribution >= 0.6 is 0 Å². The highest BCUT2D eigenvalue weighted by molar-refractivity contribution is 5.78. The molecule has 1 aromatic carbocycles. The predicted molar refractivity (Wildman–Crippen MR) is 80.8 cm³/mol. The number of rotatable bonds is 5. The summed E-state index contributed by atoms with van der Waals surface area (Å²) in [5.74, 6) is -0.200. The molecule has 3 nitrogen and oxygen atoms in total. The minimum atomic E-state index is -4.40. The number of aromatic nitrogens is 1. The minimum absolute atomic E-state index is 0.0764. The van der Waals surface area contributed by atoms with Gasteiger partial charge in [-0.25, -0.2) is 0 Å². The van der Waals surface area contributed by atoms with Gasteiger partial charge in [0, 0.05) is 18.9 Å². The van der Waals surface area contributed by atoms with Crippen molar-refractivity contribution in [2.24, 2.45) is 0 Å². The molecule has 0 saturated heterocycles. The summed E-state index contributed by atoms with van der Waals surface area (Å²) in [6.45, 7) is 2.38. The summed E-state index contributed by atoms with van der Waals surface area (Å²) >= 11 is 0. The number of nitrogens with zero attached hydrogens (tertiary/aromatic N) is 1. The van der Waals surface area contributed by atoms with Gasteiger partial charge in [0.1, 0.15) is 0 Å². The number of alkyl halides is 3. The van der Waals surface area contributed by atoms with Gasteiger partial charge >= 0.3 is 6.18 Å². The highest BCUT2D eigenvalue weighted by Gasteiger charge is 2.30. The van der Waals surface area contributed by atoms with E-state index in [1.165, 1.54) is 12.1 Å². The molecule has 0 bridgehead atoms. The van der Waals surface area contributed by atoms with E-state index in [2.05, 4.69) is 10.3 Å². The smallest absolute Gasteiger partial charge is 0.355 e. The Morgan fingerprint density at radius 2 is 1.91 bits per heavy atom. The minimum Gasteiger partial charge on any atom is -0.355 e. The summed E-state index contributed by atoms with van der Waals surface area (Å²) in [6.07, 6.45) is -1.12. The molecule has 1 amide bonds. The largest absolute Gasteiger partial charge is 0.416 e. The molecule has 0 aliphatic rings. The fourth-order valence-electron chi connectivity index (χ4n) is 2.18.